The smallest absolute Gasteiger partial charge is 0.255 e. The maximum absolute atomic E-state index is 12.1. The highest BCUT2D eigenvalue weighted by atomic mass is 35.5. The topological polar surface area (TPSA) is 56.1 Å². The fourth-order valence-electron chi connectivity index (χ4n) is 2.34. The van der Waals surface area contributed by atoms with Crippen molar-refractivity contribution in [3.05, 3.63) is 58.9 Å². The van der Waals surface area contributed by atoms with Crippen LogP contribution in [0.3, 0.4) is 0 Å². The van der Waals surface area contributed by atoms with Gasteiger partial charge in [0.1, 0.15) is 6.61 Å². The molecule has 116 valence electrons. The SMILES string of the molecule is O=C1C=CN(Cc2ccc(Cl)cc2)C2=NC=C(C#CCO)CN12. The van der Waals surface area contributed by atoms with E-state index in [4.69, 9.17) is 16.7 Å². The number of hydrogen-bond donors (Lipinski definition) is 1. The van der Waals surface area contributed by atoms with E-state index in [1.165, 1.54) is 6.08 Å². The van der Waals surface area contributed by atoms with Crippen LogP contribution in [0.4, 0.5) is 0 Å². The van der Waals surface area contributed by atoms with Crippen LogP contribution >= 0.6 is 11.6 Å². The molecule has 0 unspecified atom stereocenters. The van der Waals surface area contributed by atoms with Crippen molar-refractivity contribution in [2.24, 2.45) is 4.99 Å². The van der Waals surface area contributed by atoms with Gasteiger partial charge in [-0.15, -0.1) is 0 Å². The van der Waals surface area contributed by atoms with Crippen molar-refractivity contribution in [2.45, 2.75) is 6.54 Å². The summed E-state index contributed by atoms with van der Waals surface area (Å²) in [6, 6.07) is 7.54. The van der Waals surface area contributed by atoms with Gasteiger partial charge in [0.05, 0.1) is 13.1 Å². The number of aliphatic hydroxyl groups is 1. The van der Waals surface area contributed by atoms with Crippen molar-refractivity contribution in [3.8, 4) is 11.8 Å². The molecule has 2 aliphatic heterocycles. The van der Waals surface area contributed by atoms with E-state index in [9.17, 15) is 4.79 Å². The van der Waals surface area contributed by atoms with Gasteiger partial charge < -0.3 is 10.0 Å². The highest BCUT2D eigenvalue weighted by Crippen LogP contribution is 2.19. The fraction of sp³-hybridized carbons (Fsp3) is 0.176. The first-order chi connectivity index (χ1) is 11.2. The van der Waals surface area contributed by atoms with E-state index >= 15 is 0 Å². The van der Waals surface area contributed by atoms with Crippen molar-refractivity contribution in [3.63, 3.8) is 0 Å². The predicted octanol–water partition coefficient (Wildman–Crippen LogP) is 1.75. The lowest BCUT2D eigenvalue weighted by Gasteiger charge is -2.35. The molecule has 1 aromatic rings. The number of fused-ring (bicyclic) bond motifs is 1. The van der Waals surface area contributed by atoms with E-state index < -0.39 is 0 Å². The summed E-state index contributed by atoms with van der Waals surface area (Å²) in [5.41, 5.74) is 1.75. The molecule has 0 fully saturated rings. The highest BCUT2D eigenvalue weighted by Gasteiger charge is 2.28. The first-order valence-corrected chi connectivity index (χ1v) is 7.42. The molecule has 1 amide bonds. The highest BCUT2D eigenvalue weighted by molar-refractivity contribution is 6.30. The van der Waals surface area contributed by atoms with E-state index in [-0.39, 0.29) is 12.5 Å². The normalized spacial score (nSPS) is 16.3. The number of rotatable bonds is 2. The Labute approximate surface area is 139 Å². The maximum atomic E-state index is 12.1. The maximum Gasteiger partial charge on any atom is 0.255 e. The van der Waals surface area contributed by atoms with Gasteiger partial charge in [-0.2, -0.15) is 0 Å². The summed E-state index contributed by atoms with van der Waals surface area (Å²) < 4.78 is 0. The van der Waals surface area contributed by atoms with Gasteiger partial charge >= 0.3 is 0 Å². The average molecular weight is 328 g/mol. The third kappa shape index (κ3) is 3.45. The Morgan fingerprint density at radius 2 is 2.09 bits per heavy atom. The van der Waals surface area contributed by atoms with Gasteiger partial charge in [0, 0.05) is 29.1 Å². The van der Waals surface area contributed by atoms with Crippen molar-refractivity contribution in [1.29, 1.82) is 0 Å². The van der Waals surface area contributed by atoms with Crippen molar-refractivity contribution >= 4 is 23.5 Å². The minimum absolute atomic E-state index is 0.132. The van der Waals surface area contributed by atoms with Gasteiger partial charge in [-0.25, -0.2) is 4.99 Å². The van der Waals surface area contributed by atoms with Crippen LogP contribution in [-0.2, 0) is 11.3 Å². The van der Waals surface area contributed by atoms with E-state index in [0.29, 0.717) is 29.6 Å². The summed E-state index contributed by atoms with van der Waals surface area (Å²) in [7, 11) is 0. The van der Waals surface area contributed by atoms with Crippen LogP contribution in [0, 0.1) is 11.8 Å². The first-order valence-electron chi connectivity index (χ1n) is 7.05. The summed E-state index contributed by atoms with van der Waals surface area (Å²) in [6.07, 6.45) is 4.87. The zero-order valence-corrected chi connectivity index (χ0v) is 13.0. The number of guanidine groups is 1. The lowest BCUT2D eigenvalue weighted by molar-refractivity contribution is -0.123. The summed E-state index contributed by atoms with van der Waals surface area (Å²) in [5, 5.41) is 9.45. The third-order valence-corrected chi connectivity index (χ3v) is 3.67. The van der Waals surface area contributed by atoms with Crippen LogP contribution in [0.5, 0.6) is 0 Å². The molecule has 2 heterocycles. The second-order valence-electron chi connectivity index (χ2n) is 5.04. The van der Waals surface area contributed by atoms with Gasteiger partial charge in [0.25, 0.3) is 5.91 Å². The molecular formula is C17H14ClN3O2. The molecule has 5 nitrogen and oxygen atoms in total. The Morgan fingerprint density at radius 3 is 2.83 bits per heavy atom. The van der Waals surface area contributed by atoms with Gasteiger partial charge in [0.2, 0.25) is 5.96 Å². The van der Waals surface area contributed by atoms with Crippen molar-refractivity contribution in [2.75, 3.05) is 13.2 Å². The fourth-order valence-corrected chi connectivity index (χ4v) is 2.46. The van der Waals surface area contributed by atoms with Crippen LogP contribution in [-0.4, -0.2) is 39.9 Å². The average Bonchev–Trinajstić information content (AvgIpc) is 2.57. The Balaban J connectivity index is 1.85. The second kappa shape index (κ2) is 6.69. The molecule has 0 aliphatic carbocycles. The first kappa shape index (κ1) is 15.3. The molecule has 23 heavy (non-hydrogen) atoms. The quantitative estimate of drug-likeness (QED) is 0.842. The standard InChI is InChI=1S/C17H14ClN3O2/c18-15-5-3-13(4-6-15)11-20-8-7-16(23)21-12-14(2-1-9-22)10-19-17(20)21/h3-8,10,22H,9,11-12H2. The Bertz CT molecular complexity index is 769. The van der Waals surface area contributed by atoms with E-state index in [2.05, 4.69) is 16.8 Å². The Hall–Kier alpha value is -2.55. The summed E-state index contributed by atoms with van der Waals surface area (Å²) in [4.78, 5) is 19.9. The number of carbonyl (C=O) groups is 1. The van der Waals surface area contributed by atoms with E-state index in [1.807, 2.05) is 29.2 Å². The summed E-state index contributed by atoms with van der Waals surface area (Å²) in [5.74, 6) is 5.81. The molecule has 0 saturated carbocycles. The Kier molecular flexibility index (Phi) is 4.47. The molecule has 1 N–H and O–H groups in total. The molecule has 2 aliphatic rings. The zero-order chi connectivity index (χ0) is 16.2. The molecule has 0 spiro atoms. The lowest BCUT2D eigenvalue weighted by Crippen LogP contribution is -2.49. The number of benzene rings is 1. The predicted molar refractivity (Wildman–Crippen MR) is 88.2 cm³/mol. The number of hydrogen-bond acceptors (Lipinski definition) is 4. The second-order valence-corrected chi connectivity index (χ2v) is 5.47. The van der Waals surface area contributed by atoms with Crippen LogP contribution in [0.2, 0.25) is 5.02 Å². The Morgan fingerprint density at radius 1 is 1.30 bits per heavy atom. The van der Waals surface area contributed by atoms with Crippen LogP contribution < -0.4 is 0 Å². The molecule has 0 radical (unpaired) electrons. The largest absolute Gasteiger partial charge is 0.384 e. The molecule has 0 aromatic heterocycles. The molecule has 0 atom stereocenters. The number of amides is 1. The minimum Gasteiger partial charge on any atom is -0.384 e. The molecule has 1 aromatic carbocycles. The molecule has 0 saturated heterocycles. The van der Waals surface area contributed by atoms with Gasteiger partial charge in [0.15, 0.2) is 0 Å². The number of carbonyl (C=O) groups excluding carboxylic acids is 1. The summed E-state index contributed by atoms with van der Waals surface area (Å²) >= 11 is 5.90. The molecule has 6 heteroatoms. The van der Waals surface area contributed by atoms with Crippen molar-refractivity contribution < 1.29 is 9.90 Å². The van der Waals surface area contributed by atoms with E-state index in [1.54, 1.807) is 17.3 Å². The minimum atomic E-state index is -0.218. The molecule has 0 bridgehead atoms. The number of aliphatic hydroxyl groups excluding tert-OH is 1. The summed E-state index contributed by atoms with van der Waals surface area (Å²) in [6.45, 7) is 0.721. The molecule has 3 rings (SSSR count). The van der Waals surface area contributed by atoms with E-state index in [0.717, 1.165) is 5.56 Å². The van der Waals surface area contributed by atoms with Crippen molar-refractivity contribution in [1.82, 2.24) is 9.80 Å². The van der Waals surface area contributed by atoms with Crippen LogP contribution in [0.15, 0.2) is 53.3 Å². The zero-order valence-electron chi connectivity index (χ0n) is 12.2. The lowest BCUT2D eigenvalue weighted by atomic mass is 10.2. The monoisotopic (exact) mass is 327 g/mol. The van der Waals surface area contributed by atoms with Crippen LogP contribution in [0.1, 0.15) is 5.56 Å². The number of aliphatic imine (C=N–C) groups is 1. The van der Waals surface area contributed by atoms with Crippen LogP contribution in [0.25, 0.3) is 0 Å². The number of halogens is 1. The van der Waals surface area contributed by atoms with Gasteiger partial charge in [-0.05, 0) is 17.7 Å². The van der Waals surface area contributed by atoms with Gasteiger partial charge in [-0.3, -0.25) is 9.69 Å². The van der Waals surface area contributed by atoms with Gasteiger partial charge in [-0.1, -0.05) is 35.6 Å². The third-order valence-electron chi connectivity index (χ3n) is 3.42. The molecular weight excluding hydrogens is 314 g/mol. The number of nitrogens with zero attached hydrogens (tertiary/aromatic N) is 3.